The van der Waals surface area contributed by atoms with Gasteiger partial charge in [-0.15, -0.1) is 11.8 Å². The van der Waals surface area contributed by atoms with Crippen molar-refractivity contribution < 1.29 is 19.0 Å². The monoisotopic (exact) mass is 367 g/mol. The smallest absolute Gasteiger partial charge is 0.234 e. The first-order valence-electron chi connectivity index (χ1n) is 7.05. The van der Waals surface area contributed by atoms with Crippen molar-refractivity contribution in [1.82, 2.24) is 0 Å². The molecule has 0 atom stereocenters. The van der Waals surface area contributed by atoms with Crippen molar-refractivity contribution in [2.75, 3.05) is 32.4 Å². The van der Waals surface area contributed by atoms with Gasteiger partial charge in [0.25, 0.3) is 0 Å². The van der Waals surface area contributed by atoms with E-state index in [9.17, 15) is 4.79 Å². The van der Waals surface area contributed by atoms with E-state index in [4.69, 9.17) is 25.8 Å². The summed E-state index contributed by atoms with van der Waals surface area (Å²) in [6.07, 6.45) is 0. The van der Waals surface area contributed by atoms with Gasteiger partial charge >= 0.3 is 0 Å². The number of carbonyl (C=O) groups excluding carboxylic acids is 1. The summed E-state index contributed by atoms with van der Waals surface area (Å²) < 4.78 is 15.5. The molecule has 5 nitrogen and oxygen atoms in total. The van der Waals surface area contributed by atoms with Crippen LogP contribution < -0.4 is 19.5 Å². The molecule has 0 saturated carbocycles. The van der Waals surface area contributed by atoms with E-state index in [-0.39, 0.29) is 11.7 Å². The number of hydrogen-bond acceptors (Lipinski definition) is 5. The molecule has 0 fully saturated rings. The molecule has 0 unspecified atom stereocenters. The molecule has 0 heterocycles. The molecule has 0 spiro atoms. The molecule has 0 bridgehead atoms. The fourth-order valence-electron chi connectivity index (χ4n) is 2.00. The Bertz CT molecular complexity index is 724. The fourth-order valence-corrected chi connectivity index (χ4v) is 2.98. The van der Waals surface area contributed by atoms with Gasteiger partial charge < -0.3 is 19.5 Å². The lowest BCUT2D eigenvalue weighted by molar-refractivity contribution is -0.113. The Morgan fingerprint density at radius 3 is 2.29 bits per heavy atom. The molecule has 0 saturated heterocycles. The van der Waals surface area contributed by atoms with E-state index in [1.807, 2.05) is 18.2 Å². The lowest BCUT2D eigenvalue weighted by atomic mass is 10.3. The Hall–Kier alpha value is -2.05. The van der Waals surface area contributed by atoms with Gasteiger partial charge in [-0.2, -0.15) is 0 Å². The van der Waals surface area contributed by atoms with Gasteiger partial charge in [-0.05, 0) is 36.4 Å². The van der Waals surface area contributed by atoms with Crippen molar-refractivity contribution in [2.24, 2.45) is 0 Å². The summed E-state index contributed by atoms with van der Waals surface area (Å²) >= 11 is 7.44. The van der Waals surface area contributed by atoms with Gasteiger partial charge in [0.2, 0.25) is 5.91 Å². The zero-order valence-electron chi connectivity index (χ0n) is 13.6. The van der Waals surface area contributed by atoms with Crippen LogP contribution >= 0.6 is 23.4 Å². The highest BCUT2D eigenvalue weighted by molar-refractivity contribution is 8.00. The molecule has 0 aromatic heterocycles. The number of rotatable bonds is 7. The second-order valence-electron chi connectivity index (χ2n) is 4.70. The Morgan fingerprint density at radius 1 is 1.00 bits per heavy atom. The minimum Gasteiger partial charge on any atom is -0.495 e. The number of methoxy groups -OCH3 is 3. The van der Waals surface area contributed by atoms with Gasteiger partial charge in [0.05, 0.1) is 32.1 Å². The Kier molecular flexibility index (Phi) is 6.63. The van der Waals surface area contributed by atoms with Crippen LogP contribution in [0.3, 0.4) is 0 Å². The maximum absolute atomic E-state index is 12.1. The van der Waals surface area contributed by atoms with Crippen molar-refractivity contribution in [3.63, 3.8) is 0 Å². The molecule has 0 aliphatic heterocycles. The van der Waals surface area contributed by atoms with E-state index >= 15 is 0 Å². The largest absolute Gasteiger partial charge is 0.495 e. The minimum absolute atomic E-state index is 0.129. The number of halogens is 1. The van der Waals surface area contributed by atoms with Gasteiger partial charge in [0.1, 0.15) is 5.75 Å². The zero-order valence-corrected chi connectivity index (χ0v) is 15.2. The molecule has 1 N–H and O–H groups in total. The van der Waals surface area contributed by atoms with E-state index < -0.39 is 0 Å². The van der Waals surface area contributed by atoms with Crippen LogP contribution in [0, 0.1) is 0 Å². The average molecular weight is 368 g/mol. The summed E-state index contributed by atoms with van der Waals surface area (Å²) in [6.45, 7) is 0. The Balaban J connectivity index is 1.94. The lowest BCUT2D eigenvalue weighted by Gasteiger charge is -2.10. The highest BCUT2D eigenvalue weighted by Crippen LogP contribution is 2.32. The van der Waals surface area contributed by atoms with Crippen LogP contribution in [0.4, 0.5) is 5.69 Å². The van der Waals surface area contributed by atoms with Crippen LogP contribution in [-0.2, 0) is 4.79 Å². The molecule has 128 valence electrons. The topological polar surface area (TPSA) is 56.8 Å². The van der Waals surface area contributed by atoms with Crippen molar-refractivity contribution in [3.05, 3.63) is 41.4 Å². The highest BCUT2D eigenvalue weighted by Gasteiger charge is 2.09. The molecule has 7 heteroatoms. The summed E-state index contributed by atoms with van der Waals surface area (Å²) in [5, 5.41) is 3.25. The van der Waals surface area contributed by atoms with Gasteiger partial charge in [-0.1, -0.05) is 11.6 Å². The lowest BCUT2D eigenvalue weighted by Crippen LogP contribution is -2.13. The third kappa shape index (κ3) is 4.72. The molecular formula is C17H18ClNO4S. The second kappa shape index (κ2) is 8.70. The van der Waals surface area contributed by atoms with Crippen molar-refractivity contribution in [3.8, 4) is 17.2 Å². The van der Waals surface area contributed by atoms with Crippen LogP contribution in [0.15, 0.2) is 41.3 Å². The SMILES string of the molecule is COc1ccc(NC(=O)CSc2ccc(OC)c(OC)c2)cc1Cl. The van der Waals surface area contributed by atoms with Gasteiger partial charge in [0.15, 0.2) is 11.5 Å². The van der Waals surface area contributed by atoms with Gasteiger partial charge in [0, 0.05) is 10.6 Å². The number of amides is 1. The van der Waals surface area contributed by atoms with Crippen molar-refractivity contribution in [2.45, 2.75) is 4.90 Å². The molecule has 2 rings (SSSR count). The second-order valence-corrected chi connectivity index (χ2v) is 6.16. The number of nitrogens with one attached hydrogen (secondary N) is 1. The van der Waals surface area contributed by atoms with Crippen molar-refractivity contribution >= 4 is 35.0 Å². The van der Waals surface area contributed by atoms with Crippen LogP contribution in [0.1, 0.15) is 0 Å². The molecule has 24 heavy (non-hydrogen) atoms. The Morgan fingerprint density at radius 2 is 1.67 bits per heavy atom. The molecule has 1 amide bonds. The third-order valence-electron chi connectivity index (χ3n) is 3.16. The van der Waals surface area contributed by atoms with E-state index in [2.05, 4.69) is 5.32 Å². The van der Waals surface area contributed by atoms with Crippen LogP contribution in [0.5, 0.6) is 17.2 Å². The Labute approximate surface area is 150 Å². The minimum atomic E-state index is -0.129. The first kappa shape index (κ1) is 18.3. The zero-order chi connectivity index (χ0) is 17.5. The molecule has 0 aliphatic carbocycles. The summed E-state index contributed by atoms with van der Waals surface area (Å²) in [6, 6.07) is 10.6. The predicted octanol–water partition coefficient (Wildman–Crippen LogP) is 4.10. The van der Waals surface area contributed by atoms with Crippen LogP contribution in [0.25, 0.3) is 0 Å². The number of benzene rings is 2. The third-order valence-corrected chi connectivity index (χ3v) is 4.45. The molecule has 0 aliphatic rings. The fraction of sp³-hybridized carbons (Fsp3) is 0.235. The predicted molar refractivity (Wildman–Crippen MR) is 96.9 cm³/mol. The highest BCUT2D eigenvalue weighted by atomic mass is 35.5. The number of ether oxygens (including phenoxy) is 3. The molecule has 2 aromatic rings. The average Bonchev–Trinajstić information content (AvgIpc) is 2.59. The number of thioether (sulfide) groups is 1. The molecule has 2 aromatic carbocycles. The molecule has 0 radical (unpaired) electrons. The molecular weight excluding hydrogens is 350 g/mol. The first-order chi connectivity index (χ1) is 11.6. The van der Waals surface area contributed by atoms with Gasteiger partial charge in [-0.3, -0.25) is 4.79 Å². The quantitative estimate of drug-likeness (QED) is 0.747. The maximum atomic E-state index is 12.1. The first-order valence-corrected chi connectivity index (χ1v) is 8.42. The van der Waals surface area contributed by atoms with E-state index in [1.165, 1.54) is 11.8 Å². The van der Waals surface area contributed by atoms with Gasteiger partial charge in [-0.25, -0.2) is 0 Å². The summed E-state index contributed by atoms with van der Waals surface area (Å²) in [4.78, 5) is 13.0. The van der Waals surface area contributed by atoms with Crippen molar-refractivity contribution in [1.29, 1.82) is 0 Å². The maximum Gasteiger partial charge on any atom is 0.234 e. The van der Waals surface area contributed by atoms with Crippen LogP contribution in [0.2, 0.25) is 5.02 Å². The van der Waals surface area contributed by atoms with E-state index in [1.54, 1.807) is 39.5 Å². The normalized spacial score (nSPS) is 10.2. The van der Waals surface area contributed by atoms with Crippen LogP contribution in [-0.4, -0.2) is 33.0 Å². The number of anilines is 1. The van der Waals surface area contributed by atoms with E-state index in [0.717, 1.165) is 4.90 Å². The summed E-state index contributed by atoms with van der Waals surface area (Å²) in [5.41, 5.74) is 0.624. The summed E-state index contributed by atoms with van der Waals surface area (Å²) in [7, 11) is 4.70. The summed E-state index contributed by atoms with van der Waals surface area (Å²) in [5.74, 6) is 1.98. The number of hydrogen-bond donors (Lipinski definition) is 1. The number of carbonyl (C=O) groups is 1. The standard InChI is InChI=1S/C17H18ClNO4S/c1-21-14-6-4-11(8-13(14)18)19-17(20)10-24-12-5-7-15(22-2)16(9-12)23-3/h4-9H,10H2,1-3H3,(H,19,20). The van der Waals surface area contributed by atoms with E-state index in [0.29, 0.717) is 28.0 Å².